The summed E-state index contributed by atoms with van der Waals surface area (Å²) in [6, 6.07) is 9.18. The molecule has 0 saturated carbocycles. The number of sulfonamides is 1. The Bertz CT molecular complexity index is 806. The lowest BCUT2D eigenvalue weighted by atomic mass is 10.2. The molecule has 116 valence electrons. The van der Waals surface area contributed by atoms with Gasteiger partial charge in [0.1, 0.15) is 5.75 Å². The van der Waals surface area contributed by atoms with E-state index in [9.17, 15) is 18.5 Å². The van der Waals surface area contributed by atoms with Gasteiger partial charge in [-0.1, -0.05) is 11.6 Å². The fourth-order valence-corrected chi connectivity index (χ4v) is 2.89. The average Bonchev–Trinajstić information content (AvgIpc) is 2.47. The van der Waals surface area contributed by atoms with E-state index >= 15 is 0 Å². The molecule has 22 heavy (non-hydrogen) atoms. The Balaban J connectivity index is 2.37. The van der Waals surface area contributed by atoms with Crippen molar-refractivity contribution in [2.24, 2.45) is 0 Å². The maximum Gasteiger partial charge on any atom is 0.273 e. The predicted molar refractivity (Wildman–Crippen MR) is 81.9 cm³/mol. The summed E-state index contributed by atoms with van der Waals surface area (Å²) < 4.78 is 31.8. The van der Waals surface area contributed by atoms with Crippen LogP contribution in [0.5, 0.6) is 5.75 Å². The van der Waals surface area contributed by atoms with Gasteiger partial charge in [-0.15, -0.1) is 0 Å². The Kier molecular flexibility index (Phi) is 4.53. The van der Waals surface area contributed by atoms with Gasteiger partial charge in [0.15, 0.2) is 0 Å². The van der Waals surface area contributed by atoms with Crippen LogP contribution in [-0.2, 0) is 10.0 Å². The van der Waals surface area contributed by atoms with Crippen molar-refractivity contribution in [2.75, 3.05) is 11.8 Å². The van der Waals surface area contributed by atoms with Crippen molar-refractivity contribution in [1.82, 2.24) is 0 Å². The highest BCUT2D eigenvalue weighted by molar-refractivity contribution is 7.92. The van der Waals surface area contributed by atoms with Crippen molar-refractivity contribution in [1.29, 1.82) is 0 Å². The van der Waals surface area contributed by atoms with Gasteiger partial charge in [0, 0.05) is 11.1 Å². The molecule has 0 spiro atoms. The molecule has 7 nitrogen and oxygen atoms in total. The summed E-state index contributed by atoms with van der Waals surface area (Å²) in [5.41, 5.74) is -0.102. The second-order valence-electron chi connectivity index (χ2n) is 4.20. The molecule has 2 aromatic rings. The number of nitro groups is 1. The smallest absolute Gasteiger partial charge is 0.273 e. The molecule has 0 saturated heterocycles. The minimum atomic E-state index is -3.85. The summed E-state index contributed by atoms with van der Waals surface area (Å²) in [6.07, 6.45) is 0. The molecule has 2 aromatic carbocycles. The van der Waals surface area contributed by atoms with E-state index in [1.165, 1.54) is 43.5 Å². The molecule has 0 unspecified atom stereocenters. The van der Waals surface area contributed by atoms with Crippen LogP contribution in [0.2, 0.25) is 5.02 Å². The third-order valence-electron chi connectivity index (χ3n) is 2.76. The molecule has 1 N–H and O–H groups in total. The number of non-ortho nitro benzene ring substituents is 1. The lowest BCUT2D eigenvalue weighted by Crippen LogP contribution is -2.13. The average molecular weight is 343 g/mol. The number of halogens is 1. The lowest BCUT2D eigenvalue weighted by molar-refractivity contribution is -0.384. The molecule has 0 fully saturated rings. The van der Waals surface area contributed by atoms with Gasteiger partial charge < -0.3 is 4.74 Å². The fourth-order valence-electron chi connectivity index (χ4n) is 1.70. The Hall–Kier alpha value is -2.32. The largest absolute Gasteiger partial charge is 0.494 e. The summed E-state index contributed by atoms with van der Waals surface area (Å²) in [5, 5.41) is 11.1. The third-order valence-corrected chi connectivity index (χ3v) is 4.40. The molecule has 0 atom stereocenters. The van der Waals surface area contributed by atoms with Crippen molar-refractivity contribution in [3.8, 4) is 5.75 Å². The summed E-state index contributed by atoms with van der Waals surface area (Å²) >= 11 is 5.72. The molecular formula is C13H11ClN2O5S. The number of hydrogen-bond donors (Lipinski definition) is 1. The first-order chi connectivity index (χ1) is 10.3. The first-order valence-corrected chi connectivity index (χ1v) is 7.80. The van der Waals surface area contributed by atoms with E-state index in [0.29, 0.717) is 5.02 Å². The molecular weight excluding hydrogens is 332 g/mol. The van der Waals surface area contributed by atoms with Crippen LogP contribution in [0.4, 0.5) is 11.4 Å². The highest BCUT2D eigenvalue weighted by atomic mass is 35.5. The number of nitrogens with zero attached hydrogens (tertiary/aromatic N) is 1. The predicted octanol–water partition coefficient (Wildman–Crippen LogP) is 3.06. The second-order valence-corrected chi connectivity index (χ2v) is 6.32. The standard InChI is InChI=1S/C13H11ClN2O5S/c1-21-13-8-10(16(17)18)4-7-12(13)15-22(19,20)11-5-2-9(14)3-6-11/h2-8,15H,1H3. The zero-order chi connectivity index (χ0) is 16.3. The van der Waals surface area contributed by atoms with Crippen LogP contribution in [0.3, 0.4) is 0 Å². The van der Waals surface area contributed by atoms with Gasteiger partial charge in [0.2, 0.25) is 0 Å². The van der Waals surface area contributed by atoms with E-state index in [-0.39, 0.29) is 22.0 Å². The minimum Gasteiger partial charge on any atom is -0.494 e. The van der Waals surface area contributed by atoms with Crippen molar-refractivity contribution in [3.63, 3.8) is 0 Å². The Morgan fingerprint density at radius 1 is 1.18 bits per heavy atom. The number of anilines is 1. The zero-order valence-electron chi connectivity index (χ0n) is 11.3. The normalized spacial score (nSPS) is 11.0. The molecule has 0 radical (unpaired) electrons. The molecule has 0 bridgehead atoms. The van der Waals surface area contributed by atoms with E-state index in [2.05, 4.69) is 4.72 Å². The van der Waals surface area contributed by atoms with Crippen LogP contribution in [0.15, 0.2) is 47.4 Å². The summed E-state index contributed by atoms with van der Waals surface area (Å²) in [7, 11) is -2.56. The minimum absolute atomic E-state index is 0.0114. The van der Waals surface area contributed by atoms with Gasteiger partial charge in [-0.25, -0.2) is 8.42 Å². The first-order valence-electron chi connectivity index (χ1n) is 5.94. The number of nitrogens with one attached hydrogen (secondary N) is 1. The summed E-state index contributed by atoms with van der Waals surface area (Å²) in [6.45, 7) is 0. The SMILES string of the molecule is COc1cc([N+](=O)[O-])ccc1NS(=O)(=O)c1ccc(Cl)cc1. The number of ether oxygens (including phenoxy) is 1. The van der Waals surface area contributed by atoms with E-state index in [1.54, 1.807) is 0 Å². The Labute approximate surface area is 131 Å². The van der Waals surface area contributed by atoms with Crippen LogP contribution in [0.25, 0.3) is 0 Å². The molecule has 0 aliphatic rings. The highest BCUT2D eigenvalue weighted by Gasteiger charge is 2.18. The van der Waals surface area contributed by atoms with Crippen molar-refractivity contribution >= 4 is 33.0 Å². The molecule has 0 heterocycles. The maximum absolute atomic E-state index is 12.3. The topological polar surface area (TPSA) is 98.5 Å². The number of nitro benzene ring substituents is 1. The number of methoxy groups -OCH3 is 1. The molecule has 0 amide bonds. The van der Waals surface area contributed by atoms with Crippen molar-refractivity contribution in [3.05, 3.63) is 57.6 Å². The van der Waals surface area contributed by atoms with Gasteiger partial charge in [-0.2, -0.15) is 0 Å². The Morgan fingerprint density at radius 2 is 1.82 bits per heavy atom. The second kappa shape index (κ2) is 6.20. The maximum atomic E-state index is 12.3. The van der Waals surface area contributed by atoms with Crippen molar-refractivity contribution < 1.29 is 18.1 Å². The first kappa shape index (κ1) is 16.1. The van der Waals surface area contributed by atoms with Gasteiger partial charge in [-0.3, -0.25) is 14.8 Å². The van der Waals surface area contributed by atoms with Gasteiger partial charge in [0.25, 0.3) is 15.7 Å². The number of hydrogen-bond acceptors (Lipinski definition) is 5. The van der Waals surface area contributed by atoms with Gasteiger partial charge >= 0.3 is 0 Å². The van der Waals surface area contributed by atoms with E-state index < -0.39 is 14.9 Å². The van der Waals surface area contributed by atoms with Gasteiger partial charge in [0.05, 0.1) is 28.7 Å². The summed E-state index contributed by atoms with van der Waals surface area (Å²) in [4.78, 5) is 10.1. The van der Waals surface area contributed by atoms with Crippen molar-refractivity contribution in [2.45, 2.75) is 4.90 Å². The monoisotopic (exact) mass is 342 g/mol. The number of rotatable bonds is 5. The molecule has 0 aliphatic heterocycles. The number of benzene rings is 2. The third kappa shape index (κ3) is 3.46. The van der Waals surface area contributed by atoms with Crippen LogP contribution >= 0.6 is 11.6 Å². The van der Waals surface area contributed by atoms with E-state index in [0.717, 1.165) is 6.07 Å². The van der Waals surface area contributed by atoms with Crippen LogP contribution in [0.1, 0.15) is 0 Å². The fraction of sp³-hybridized carbons (Fsp3) is 0.0769. The molecule has 0 aromatic heterocycles. The van der Waals surface area contributed by atoms with Crippen LogP contribution in [-0.4, -0.2) is 20.5 Å². The quantitative estimate of drug-likeness (QED) is 0.665. The van der Waals surface area contributed by atoms with Crippen LogP contribution in [0, 0.1) is 10.1 Å². The van der Waals surface area contributed by atoms with Gasteiger partial charge in [-0.05, 0) is 30.3 Å². The molecule has 9 heteroatoms. The summed E-state index contributed by atoms with van der Waals surface area (Å²) in [5.74, 6) is 0.0479. The lowest BCUT2D eigenvalue weighted by Gasteiger charge is -2.11. The van der Waals surface area contributed by atoms with E-state index in [1.807, 2.05) is 0 Å². The zero-order valence-corrected chi connectivity index (χ0v) is 12.9. The van der Waals surface area contributed by atoms with E-state index in [4.69, 9.17) is 16.3 Å². The molecule has 0 aliphatic carbocycles. The highest BCUT2D eigenvalue weighted by Crippen LogP contribution is 2.30. The van der Waals surface area contributed by atoms with Crippen LogP contribution < -0.4 is 9.46 Å². The molecule has 2 rings (SSSR count). The Morgan fingerprint density at radius 3 is 2.36 bits per heavy atom.